The van der Waals surface area contributed by atoms with Crippen molar-refractivity contribution in [2.75, 3.05) is 42.1 Å². The minimum atomic E-state index is -0.429. The number of nitro benzene ring substituents is 1. The number of carbonyl (C=O) groups is 1. The second kappa shape index (κ2) is 8.57. The zero-order chi connectivity index (χ0) is 18.4. The molecule has 0 atom stereocenters. The summed E-state index contributed by atoms with van der Waals surface area (Å²) in [6.07, 6.45) is 0. The lowest BCUT2D eigenvalue weighted by Crippen LogP contribution is -2.41. The van der Waals surface area contributed by atoms with Gasteiger partial charge in [0.2, 0.25) is 5.91 Å². The molecule has 0 fully saturated rings. The Balaban J connectivity index is 1.42. The van der Waals surface area contributed by atoms with Crippen molar-refractivity contribution in [3.63, 3.8) is 0 Å². The van der Waals surface area contributed by atoms with Gasteiger partial charge in [-0.2, -0.15) is 0 Å². The first-order valence-corrected chi connectivity index (χ1v) is 9.34. The van der Waals surface area contributed by atoms with Crippen LogP contribution in [-0.2, 0) is 4.79 Å². The van der Waals surface area contributed by atoms with Crippen LogP contribution < -0.4 is 15.5 Å². The number of nitro groups is 1. The van der Waals surface area contributed by atoms with E-state index >= 15 is 0 Å². The van der Waals surface area contributed by atoms with Crippen LogP contribution in [-0.4, -0.2) is 42.8 Å². The molecule has 0 saturated heterocycles. The van der Waals surface area contributed by atoms with E-state index in [1.54, 1.807) is 12.1 Å². The molecule has 26 heavy (non-hydrogen) atoms. The fourth-order valence-corrected chi connectivity index (χ4v) is 3.78. The molecule has 1 amide bonds. The number of thioether (sulfide) groups is 1. The zero-order valence-corrected chi connectivity index (χ0v) is 15.0. The Morgan fingerprint density at radius 1 is 1.15 bits per heavy atom. The molecule has 7 nitrogen and oxygen atoms in total. The van der Waals surface area contributed by atoms with Gasteiger partial charge in [-0.15, -0.1) is 11.8 Å². The minimum Gasteiger partial charge on any atom is -0.383 e. The second-order valence-electron chi connectivity index (χ2n) is 5.82. The Morgan fingerprint density at radius 2 is 1.92 bits per heavy atom. The van der Waals surface area contributed by atoms with Gasteiger partial charge in [-0.05, 0) is 24.3 Å². The van der Waals surface area contributed by atoms with Crippen LogP contribution in [0.5, 0.6) is 0 Å². The number of hydrogen-bond acceptors (Lipinski definition) is 6. The largest absolute Gasteiger partial charge is 0.383 e. The van der Waals surface area contributed by atoms with Crippen molar-refractivity contribution in [3.8, 4) is 0 Å². The lowest BCUT2D eigenvalue weighted by Gasteiger charge is -2.30. The van der Waals surface area contributed by atoms with Gasteiger partial charge in [0.1, 0.15) is 0 Å². The van der Waals surface area contributed by atoms with Crippen molar-refractivity contribution >= 4 is 34.7 Å². The van der Waals surface area contributed by atoms with E-state index < -0.39 is 4.92 Å². The van der Waals surface area contributed by atoms with Crippen molar-refractivity contribution < 1.29 is 9.72 Å². The monoisotopic (exact) mass is 372 g/mol. The Morgan fingerprint density at radius 3 is 2.69 bits per heavy atom. The Kier molecular flexibility index (Phi) is 5.96. The lowest BCUT2D eigenvalue weighted by atomic mass is 10.2. The van der Waals surface area contributed by atoms with Gasteiger partial charge in [-0.3, -0.25) is 14.9 Å². The van der Waals surface area contributed by atoms with Gasteiger partial charge in [0, 0.05) is 48.1 Å². The standard InChI is InChI=1S/C18H20N4O3S/c23-18(13-21-11-12-26-17-4-2-1-3-16(17)21)20-10-9-19-14-5-7-15(8-6-14)22(24)25/h1-8,19H,9-13H2,(H,20,23). The Hall–Kier alpha value is -2.74. The number of nitrogens with zero attached hydrogens (tertiary/aromatic N) is 2. The summed E-state index contributed by atoms with van der Waals surface area (Å²) >= 11 is 1.82. The molecule has 2 aromatic rings. The summed E-state index contributed by atoms with van der Waals surface area (Å²) in [5, 5.41) is 16.7. The first kappa shape index (κ1) is 18.1. The maximum atomic E-state index is 12.2. The van der Waals surface area contributed by atoms with E-state index in [-0.39, 0.29) is 11.6 Å². The lowest BCUT2D eigenvalue weighted by molar-refractivity contribution is -0.384. The van der Waals surface area contributed by atoms with E-state index in [4.69, 9.17) is 0 Å². The van der Waals surface area contributed by atoms with E-state index in [0.29, 0.717) is 19.6 Å². The van der Waals surface area contributed by atoms with Crippen LogP contribution in [0.2, 0.25) is 0 Å². The fourth-order valence-electron chi connectivity index (χ4n) is 2.73. The molecule has 0 aliphatic carbocycles. The predicted octanol–water partition coefficient (Wildman–Crippen LogP) is 2.74. The second-order valence-corrected chi connectivity index (χ2v) is 6.96. The minimum absolute atomic E-state index is 0.0165. The van der Waals surface area contributed by atoms with Crippen molar-refractivity contribution in [3.05, 3.63) is 58.6 Å². The van der Waals surface area contributed by atoms with Gasteiger partial charge < -0.3 is 15.5 Å². The molecule has 136 valence electrons. The fraction of sp³-hybridized carbons (Fsp3) is 0.278. The first-order chi connectivity index (χ1) is 12.6. The summed E-state index contributed by atoms with van der Waals surface area (Å²) in [5.74, 6) is 0.962. The molecule has 8 heteroatoms. The average Bonchev–Trinajstić information content (AvgIpc) is 2.66. The Bertz CT molecular complexity index is 782. The number of anilines is 2. The molecule has 0 spiro atoms. The highest BCUT2D eigenvalue weighted by Crippen LogP contribution is 2.33. The quantitative estimate of drug-likeness (QED) is 0.441. The Labute approximate surface area is 155 Å². The number of hydrogen-bond donors (Lipinski definition) is 2. The van der Waals surface area contributed by atoms with Crippen LogP contribution in [0.4, 0.5) is 17.1 Å². The van der Waals surface area contributed by atoms with E-state index in [1.165, 1.54) is 17.0 Å². The molecule has 0 unspecified atom stereocenters. The molecule has 2 aromatic carbocycles. The maximum Gasteiger partial charge on any atom is 0.269 e. The van der Waals surface area contributed by atoms with Crippen LogP contribution in [0.25, 0.3) is 0 Å². The molecule has 0 saturated carbocycles. The van der Waals surface area contributed by atoms with E-state index in [1.807, 2.05) is 30.0 Å². The molecule has 1 aliphatic rings. The summed E-state index contributed by atoms with van der Waals surface area (Å²) in [4.78, 5) is 25.7. The van der Waals surface area contributed by atoms with Crippen LogP contribution >= 0.6 is 11.8 Å². The number of benzene rings is 2. The van der Waals surface area contributed by atoms with E-state index in [9.17, 15) is 14.9 Å². The molecule has 1 heterocycles. The molecule has 3 rings (SSSR count). The molecule has 0 bridgehead atoms. The molecular weight excluding hydrogens is 352 g/mol. The van der Waals surface area contributed by atoms with Crippen LogP contribution in [0.1, 0.15) is 0 Å². The van der Waals surface area contributed by atoms with Gasteiger partial charge in [0.25, 0.3) is 5.69 Å². The SMILES string of the molecule is O=C(CN1CCSc2ccccc21)NCCNc1ccc([N+](=O)[O-])cc1. The number of fused-ring (bicyclic) bond motifs is 1. The molecular formula is C18H20N4O3S. The highest BCUT2D eigenvalue weighted by molar-refractivity contribution is 7.99. The number of non-ortho nitro benzene ring substituents is 1. The normalized spacial score (nSPS) is 13.0. The third kappa shape index (κ3) is 4.66. The zero-order valence-electron chi connectivity index (χ0n) is 14.2. The van der Waals surface area contributed by atoms with Gasteiger partial charge >= 0.3 is 0 Å². The third-order valence-electron chi connectivity index (χ3n) is 4.01. The first-order valence-electron chi connectivity index (χ1n) is 8.35. The van der Waals surface area contributed by atoms with Crippen LogP contribution in [0.3, 0.4) is 0 Å². The number of carbonyl (C=O) groups excluding carboxylic acids is 1. The number of para-hydroxylation sites is 1. The van der Waals surface area contributed by atoms with Gasteiger partial charge in [-0.1, -0.05) is 12.1 Å². The molecule has 2 N–H and O–H groups in total. The highest BCUT2D eigenvalue weighted by atomic mass is 32.2. The summed E-state index contributed by atoms with van der Waals surface area (Å²) < 4.78 is 0. The van der Waals surface area contributed by atoms with Crippen molar-refractivity contribution in [1.82, 2.24) is 5.32 Å². The van der Waals surface area contributed by atoms with Gasteiger partial charge in [0.15, 0.2) is 0 Å². The summed E-state index contributed by atoms with van der Waals surface area (Å²) in [7, 11) is 0. The van der Waals surface area contributed by atoms with Gasteiger partial charge in [-0.25, -0.2) is 0 Å². The summed E-state index contributed by atoms with van der Waals surface area (Å²) in [6.45, 7) is 2.24. The van der Waals surface area contributed by atoms with Gasteiger partial charge in [0.05, 0.1) is 17.2 Å². The summed E-state index contributed by atoms with van der Waals surface area (Å²) in [6, 6.07) is 14.3. The number of nitrogens with one attached hydrogen (secondary N) is 2. The highest BCUT2D eigenvalue weighted by Gasteiger charge is 2.18. The smallest absolute Gasteiger partial charge is 0.269 e. The predicted molar refractivity (Wildman–Crippen MR) is 104 cm³/mol. The molecule has 0 aromatic heterocycles. The summed E-state index contributed by atoms with van der Waals surface area (Å²) in [5.41, 5.74) is 1.96. The molecule has 0 radical (unpaired) electrons. The molecule has 1 aliphatic heterocycles. The van der Waals surface area contributed by atoms with Crippen molar-refractivity contribution in [2.24, 2.45) is 0 Å². The van der Waals surface area contributed by atoms with E-state index in [2.05, 4.69) is 21.6 Å². The number of rotatable bonds is 7. The topological polar surface area (TPSA) is 87.5 Å². The van der Waals surface area contributed by atoms with Crippen molar-refractivity contribution in [1.29, 1.82) is 0 Å². The number of amides is 1. The average molecular weight is 372 g/mol. The third-order valence-corrected chi connectivity index (χ3v) is 5.06. The maximum absolute atomic E-state index is 12.2. The van der Waals surface area contributed by atoms with Crippen molar-refractivity contribution in [2.45, 2.75) is 4.90 Å². The van der Waals surface area contributed by atoms with Crippen LogP contribution in [0, 0.1) is 10.1 Å². The van der Waals surface area contributed by atoms with Crippen LogP contribution in [0.15, 0.2) is 53.4 Å². The van der Waals surface area contributed by atoms with E-state index in [0.717, 1.165) is 23.7 Å².